The van der Waals surface area contributed by atoms with E-state index in [9.17, 15) is 14.7 Å². The van der Waals surface area contributed by atoms with Crippen molar-refractivity contribution in [3.8, 4) is 0 Å². The predicted molar refractivity (Wildman–Crippen MR) is 73.3 cm³/mol. The number of aliphatic hydroxyl groups is 1. The molecule has 0 saturated heterocycles. The lowest BCUT2D eigenvalue weighted by Crippen LogP contribution is -2.39. The van der Waals surface area contributed by atoms with Crippen molar-refractivity contribution in [3.63, 3.8) is 0 Å². The van der Waals surface area contributed by atoms with Gasteiger partial charge < -0.3 is 9.84 Å². The number of benzene rings is 1. The molecule has 2 aliphatic rings. The zero-order chi connectivity index (χ0) is 14.5. The zero-order valence-electron chi connectivity index (χ0n) is 10.9. The number of ether oxygens (including phenoxy) is 1. The van der Waals surface area contributed by atoms with Gasteiger partial charge in [-0.15, -0.1) is 0 Å². The second-order valence-corrected chi connectivity index (χ2v) is 5.48. The topological polar surface area (TPSA) is 63.6 Å². The molecule has 4 nitrogen and oxygen atoms in total. The molecule has 1 atom stereocenters. The molecule has 1 aromatic carbocycles. The molecule has 1 heterocycles. The summed E-state index contributed by atoms with van der Waals surface area (Å²) in [6.45, 7) is 1.99. The molecule has 0 spiro atoms. The second-order valence-electron chi connectivity index (χ2n) is 5.10. The van der Waals surface area contributed by atoms with Gasteiger partial charge in [-0.25, -0.2) is 0 Å². The van der Waals surface area contributed by atoms with Gasteiger partial charge in [0.25, 0.3) is 0 Å². The molecule has 104 valence electrons. The maximum atomic E-state index is 12.0. The number of rotatable bonds is 2. The van der Waals surface area contributed by atoms with E-state index in [0.29, 0.717) is 17.5 Å². The fourth-order valence-electron chi connectivity index (χ4n) is 2.83. The van der Waals surface area contributed by atoms with E-state index in [4.69, 9.17) is 16.3 Å². The third-order valence-electron chi connectivity index (χ3n) is 3.76. The third-order valence-corrected chi connectivity index (χ3v) is 4.10. The summed E-state index contributed by atoms with van der Waals surface area (Å²) in [6.07, 6.45) is 1.28. The van der Waals surface area contributed by atoms with Crippen LogP contribution in [0, 0.1) is 0 Å². The number of Topliss-reactive ketones (excluding diaryl/α,β-unsaturated/α-hetero) is 2. The van der Waals surface area contributed by atoms with E-state index in [0.717, 1.165) is 6.42 Å². The molecule has 0 amide bonds. The number of hydrogen-bond acceptors (Lipinski definition) is 4. The summed E-state index contributed by atoms with van der Waals surface area (Å²) in [6, 6.07) is 4.98. The van der Waals surface area contributed by atoms with Gasteiger partial charge in [0.05, 0.1) is 0 Å². The summed E-state index contributed by atoms with van der Waals surface area (Å²) in [5.41, 5.74) is 0.170. The number of carbonyl (C=O) groups excluding carboxylic acids is 2. The minimum absolute atomic E-state index is 0.0321. The van der Waals surface area contributed by atoms with Crippen LogP contribution in [0.25, 0.3) is 5.76 Å². The van der Waals surface area contributed by atoms with E-state index in [-0.39, 0.29) is 23.0 Å². The highest BCUT2D eigenvalue weighted by molar-refractivity contribution is 6.64. The van der Waals surface area contributed by atoms with Gasteiger partial charge in [-0.3, -0.25) is 9.59 Å². The van der Waals surface area contributed by atoms with Crippen molar-refractivity contribution in [2.45, 2.75) is 25.4 Å². The Labute approximate surface area is 121 Å². The predicted octanol–water partition coefficient (Wildman–Crippen LogP) is 2.38. The van der Waals surface area contributed by atoms with Crippen LogP contribution >= 0.6 is 11.6 Å². The molecule has 1 aliphatic heterocycles. The van der Waals surface area contributed by atoms with Crippen LogP contribution in [-0.2, 0) is 15.1 Å². The van der Waals surface area contributed by atoms with E-state index in [1.54, 1.807) is 18.2 Å². The minimum atomic E-state index is -1.15. The first-order chi connectivity index (χ1) is 9.49. The Bertz CT molecular complexity index is 662. The molecule has 1 N–H and O–H groups in total. The smallest absolute Gasteiger partial charge is 0.248 e. The number of ketones is 2. The Morgan fingerprint density at radius 1 is 1.35 bits per heavy atom. The number of hydrogen-bond donors (Lipinski definition) is 1. The normalized spacial score (nSPS) is 24.6. The lowest BCUT2D eigenvalue weighted by Gasteiger charge is -2.37. The highest BCUT2D eigenvalue weighted by atomic mass is 35.5. The van der Waals surface area contributed by atoms with E-state index in [1.807, 2.05) is 6.92 Å². The van der Waals surface area contributed by atoms with Crippen LogP contribution < -0.4 is 0 Å². The van der Waals surface area contributed by atoms with Crippen molar-refractivity contribution in [1.29, 1.82) is 0 Å². The lowest BCUT2D eigenvalue weighted by atomic mass is 9.79. The molecule has 3 rings (SSSR count). The Balaban J connectivity index is 2.31. The van der Waals surface area contributed by atoms with Crippen LogP contribution in [0.1, 0.15) is 41.3 Å². The molecule has 0 fully saturated rings. The molecule has 0 bridgehead atoms. The average molecular weight is 293 g/mol. The van der Waals surface area contributed by atoms with Crippen LogP contribution in [0.2, 0.25) is 0 Å². The lowest BCUT2D eigenvalue weighted by molar-refractivity contribution is -0.111. The van der Waals surface area contributed by atoms with Crippen molar-refractivity contribution in [2.75, 3.05) is 6.61 Å². The monoisotopic (exact) mass is 292 g/mol. The fourth-order valence-corrected chi connectivity index (χ4v) is 3.07. The summed E-state index contributed by atoms with van der Waals surface area (Å²) in [7, 11) is 0. The first kappa shape index (κ1) is 13.3. The maximum absolute atomic E-state index is 12.0. The van der Waals surface area contributed by atoms with Crippen LogP contribution in [0.4, 0.5) is 0 Å². The largest absolute Gasteiger partial charge is 0.488 e. The SMILES string of the molecule is CCCC1(O)COC2=C(Cl)C(=O)C(=O)c3cccc1c32. The summed E-state index contributed by atoms with van der Waals surface area (Å²) < 4.78 is 5.51. The quantitative estimate of drug-likeness (QED) is 0.850. The van der Waals surface area contributed by atoms with Gasteiger partial charge in [-0.2, -0.15) is 0 Å². The molecule has 5 heteroatoms. The first-order valence-corrected chi connectivity index (χ1v) is 6.85. The summed E-state index contributed by atoms with van der Waals surface area (Å²) in [4.78, 5) is 23.8. The van der Waals surface area contributed by atoms with Gasteiger partial charge in [0, 0.05) is 11.1 Å². The van der Waals surface area contributed by atoms with Crippen LogP contribution in [0.3, 0.4) is 0 Å². The highest BCUT2D eigenvalue weighted by Gasteiger charge is 2.44. The first-order valence-electron chi connectivity index (χ1n) is 6.47. The molecule has 0 aromatic heterocycles. The van der Waals surface area contributed by atoms with Crippen LogP contribution in [-0.4, -0.2) is 23.3 Å². The standard InChI is InChI=1S/C15H13ClO4/c1-2-6-15(19)7-20-14-10-8(4-3-5-9(10)15)12(17)13(18)11(14)16/h3-5,19H,2,6-7H2,1H3. The van der Waals surface area contributed by atoms with Gasteiger partial charge in [-0.1, -0.05) is 43.1 Å². The molecule has 20 heavy (non-hydrogen) atoms. The maximum Gasteiger partial charge on any atom is 0.248 e. The molecule has 0 saturated carbocycles. The molecule has 1 aliphatic carbocycles. The van der Waals surface area contributed by atoms with E-state index < -0.39 is 17.2 Å². The number of carbonyl (C=O) groups is 2. The zero-order valence-corrected chi connectivity index (χ0v) is 11.7. The molecular weight excluding hydrogens is 280 g/mol. The van der Waals surface area contributed by atoms with Crippen molar-refractivity contribution in [3.05, 3.63) is 39.9 Å². The van der Waals surface area contributed by atoms with Gasteiger partial charge in [0.15, 0.2) is 5.76 Å². The van der Waals surface area contributed by atoms with Gasteiger partial charge in [-0.05, 0) is 12.0 Å². The number of halogens is 1. The van der Waals surface area contributed by atoms with Crippen molar-refractivity contribution >= 4 is 28.9 Å². The Kier molecular flexibility index (Phi) is 2.96. The fraction of sp³-hybridized carbons (Fsp3) is 0.333. The van der Waals surface area contributed by atoms with E-state index >= 15 is 0 Å². The summed E-state index contributed by atoms with van der Waals surface area (Å²) in [5.74, 6) is -1.20. The van der Waals surface area contributed by atoms with Crippen molar-refractivity contribution in [1.82, 2.24) is 0 Å². The molecule has 1 aromatic rings. The molecule has 1 unspecified atom stereocenters. The second kappa shape index (κ2) is 4.43. The Hall–Kier alpha value is -1.65. The van der Waals surface area contributed by atoms with Crippen LogP contribution in [0.15, 0.2) is 23.2 Å². The number of allylic oxidation sites excluding steroid dienone is 1. The highest BCUT2D eigenvalue weighted by Crippen LogP contribution is 2.44. The van der Waals surface area contributed by atoms with Gasteiger partial charge in [0.1, 0.15) is 17.2 Å². The molecular formula is C15H13ClO4. The third kappa shape index (κ3) is 1.65. The Morgan fingerprint density at radius 2 is 2.10 bits per heavy atom. The summed E-state index contributed by atoms with van der Waals surface area (Å²) in [5, 5.41) is 10.5. The van der Waals surface area contributed by atoms with Crippen molar-refractivity contribution in [2.24, 2.45) is 0 Å². The molecule has 0 radical (unpaired) electrons. The van der Waals surface area contributed by atoms with Gasteiger partial charge in [0.2, 0.25) is 11.6 Å². The van der Waals surface area contributed by atoms with E-state index in [2.05, 4.69) is 0 Å². The Morgan fingerprint density at radius 3 is 2.80 bits per heavy atom. The van der Waals surface area contributed by atoms with E-state index in [1.165, 1.54) is 0 Å². The summed E-state index contributed by atoms with van der Waals surface area (Å²) >= 11 is 5.93. The van der Waals surface area contributed by atoms with Crippen molar-refractivity contribution < 1.29 is 19.4 Å². The minimum Gasteiger partial charge on any atom is -0.488 e. The van der Waals surface area contributed by atoms with Gasteiger partial charge >= 0.3 is 0 Å². The van der Waals surface area contributed by atoms with Crippen LogP contribution in [0.5, 0.6) is 0 Å². The average Bonchev–Trinajstić information content (AvgIpc) is 2.44.